The van der Waals surface area contributed by atoms with Crippen molar-refractivity contribution in [1.29, 1.82) is 0 Å². The summed E-state index contributed by atoms with van der Waals surface area (Å²) in [5.41, 5.74) is 0. The van der Waals surface area contributed by atoms with Crippen molar-refractivity contribution in [2.24, 2.45) is 0 Å². The molecule has 1 unspecified atom stereocenters. The number of quaternary nitrogens is 1. The van der Waals surface area contributed by atoms with Gasteiger partial charge < -0.3 is 18.4 Å². The third kappa shape index (κ3) is 16.7. The van der Waals surface area contributed by atoms with Crippen molar-refractivity contribution in [3.63, 3.8) is 0 Å². The van der Waals surface area contributed by atoms with Crippen LogP contribution in [0.3, 0.4) is 0 Å². The van der Waals surface area contributed by atoms with Gasteiger partial charge in [-0.2, -0.15) is 0 Å². The first kappa shape index (κ1) is 23.1. The third-order valence-electron chi connectivity index (χ3n) is 3.09. The second-order valence-corrected chi connectivity index (χ2v) is 9.08. The number of carbonyl (C=O) groups is 1. The number of nitrogens with zero attached hydrogens (tertiary/aromatic N) is 1. The molecule has 0 aromatic heterocycles. The molecule has 0 aliphatic carbocycles. The van der Waals surface area contributed by atoms with E-state index in [2.05, 4.69) is 6.92 Å². The van der Waals surface area contributed by atoms with Gasteiger partial charge in [-0.05, 0) is 6.42 Å². The number of hydrogen-bond acceptors (Lipinski definition) is 6. The first-order valence-corrected chi connectivity index (χ1v) is 10.7. The number of likely N-dealkylation sites (N-methyl/N-ethyl adjacent to an activating group) is 1. The fourth-order valence-electron chi connectivity index (χ4n) is 1.71. The van der Waals surface area contributed by atoms with Crippen molar-refractivity contribution in [1.82, 2.24) is 0 Å². The van der Waals surface area contributed by atoms with Gasteiger partial charge >= 0.3 is 0 Å². The van der Waals surface area contributed by atoms with Crippen LogP contribution in [0.25, 0.3) is 0 Å². The molecule has 0 radical (unpaired) electrons. The fourth-order valence-corrected chi connectivity index (χ4v) is 3.21. The summed E-state index contributed by atoms with van der Waals surface area (Å²) in [5, 5.41) is 0.0942. The monoisotopic (exact) mass is 369 g/mol. The predicted octanol–water partition coefficient (Wildman–Crippen LogP) is 2.81. The maximum Gasteiger partial charge on any atom is 0.268 e. The van der Waals surface area contributed by atoms with Gasteiger partial charge in [-0.3, -0.25) is 9.36 Å². The van der Waals surface area contributed by atoms with E-state index in [0.717, 1.165) is 24.6 Å². The summed E-state index contributed by atoms with van der Waals surface area (Å²) < 4.78 is 21.7. The Balaban J connectivity index is 3.64. The zero-order valence-corrected chi connectivity index (χ0v) is 16.6. The summed E-state index contributed by atoms with van der Waals surface area (Å²) >= 11 is 1.13. The SMILES string of the molecule is CCCCCCCC(=O)SCCOP(=O)([O-])OCC[N+](C)(C)C. The quantitative estimate of drug-likeness (QED) is 0.266. The van der Waals surface area contributed by atoms with Crippen LogP contribution in [0.4, 0.5) is 0 Å². The molecular formula is C15H32NO5PS. The topological polar surface area (TPSA) is 75.7 Å². The molecule has 138 valence electrons. The van der Waals surface area contributed by atoms with Crippen LogP contribution in [0, 0.1) is 0 Å². The highest BCUT2D eigenvalue weighted by atomic mass is 32.2. The number of rotatable bonds is 14. The predicted molar refractivity (Wildman–Crippen MR) is 93.3 cm³/mol. The van der Waals surface area contributed by atoms with Crippen molar-refractivity contribution in [3.05, 3.63) is 0 Å². The van der Waals surface area contributed by atoms with Gasteiger partial charge in [0.25, 0.3) is 7.82 Å². The molecule has 0 heterocycles. The number of phosphoric ester groups is 1. The fraction of sp³-hybridized carbons (Fsp3) is 0.933. The molecule has 0 spiro atoms. The standard InChI is InChI=1S/C15H32NO5PS/c1-5-6-7-8-9-10-15(17)23-14-13-21-22(18,19)20-12-11-16(2,3)4/h5-14H2,1-4H3. The zero-order chi connectivity index (χ0) is 17.8. The minimum Gasteiger partial charge on any atom is -0.756 e. The van der Waals surface area contributed by atoms with Crippen LogP contribution in [-0.2, 0) is 18.4 Å². The summed E-state index contributed by atoms with van der Waals surface area (Å²) in [5.74, 6) is 0.332. The van der Waals surface area contributed by atoms with Crippen LogP contribution in [0.5, 0.6) is 0 Å². The van der Waals surface area contributed by atoms with Gasteiger partial charge in [0.1, 0.15) is 13.2 Å². The summed E-state index contributed by atoms with van der Waals surface area (Å²) in [6.07, 6.45) is 6.09. The highest BCUT2D eigenvalue weighted by molar-refractivity contribution is 8.13. The maximum atomic E-state index is 11.6. The summed E-state index contributed by atoms with van der Waals surface area (Å²) in [4.78, 5) is 23.1. The Kier molecular flexibility index (Phi) is 12.5. The molecule has 0 aliphatic heterocycles. The number of unbranched alkanes of at least 4 members (excludes halogenated alkanes) is 4. The molecule has 0 aromatic carbocycles. The van der Waals surface area contributed by atoms with Gasteiger partial charge in [-0.1, -0.05) is 44.4 Å². The minimum atomic E-state index is -4.26. The van der Waals surface area contributed by atoms with Crippen molar-refractivity contribution in [3.8, 4) is 0 Å². The largest absolute Gasteiger partial charge is 0.756 e. The van der Waals surface area contributed by atoms with Crippen LogP contribution in [0.2, 0.25) is 0 Å². The normalized spacial score (nSPS) is 14.7. The van der Waals surface area contributed by atoms with Gasteiger partial charge in [0.05, 0.1) is 27.7 Å². The highest BCUT2D eigenvalue weighted by Crippen LogP contribution is 2.38. The minimum absolute atomic E-state index is 0.0304. The van der Waals surface area contributed by atoms with Crippen LogP contribution in [0.15, 0.2) is 0 Å². The number of carbonyl (C=O) groups excluding carboxylic acids is 1. The van der Waals surface area contributed by atoms with E-state index < -0.39 is 7.82 Å². The Morgan fingerprint density at radius 2 is 1.70 bits per heavy atom. The molecule has 0 N–H and O–H groups in total. The molecule has 0 amide bonds. The molecule has 8 heteroatoms. The van der Waals surface area contributed by atoms with E-state index in [1.54, 1.807) is 0 Å². The number of thioether (sulfide) groups is 1. The van der Waals surface area contributed by atoms with Gasteiger partial charge in [0.2, 0.25) is 0 Å². The molecule has 0 saturated carbocycles. The van der Waals surface area contributed by atoms with Gasteiger partial charge in [0.15, 0.2) is 5.12 Å². The molecule has 0 fully saturated rings. The maximum absolute atomic E-state index is 11.6. The Hall–Kier alpha value is 0.0900. The molecule has 23 heavy (non-hydrogen) atoms. The van der Waals surface area contributed by atoms with E-state index in [4.69, 9.17) is 9.05 Å². The Labute approximate surface area is 145 Å². The Bertz CT molecular complexity index is 373. The van der Waals surface area contributed by atoms with Crippen molar-refractivity contribution in [2.75, 3.05) is 46.7 Å². The van der Waals surface area contributed by atoms with E-state index in [0.29, 0.717) is 23.2 Å². The second kappa shape index (κ2) is 12.5. The lowest BCUT2D eigenvalue weighted by Gasteiger charge is -2.27. The zero-order valence-electron chi connectivity index (χ0n) is 14.9. The van der Waals surface area contributed by atoms with Crippen LogP contribution < -0.4 is 4.89 Å². The van der Waals surface area contributed by atoms with Crippen molar-refractivity contribution < 1.29 is 27.8 Å². The van der Waals surface area contributed by atoms with Crippen LogP contribution in [-0.4, -0.2) is 56.3 Å². The smallest absolute Gasteiger partial charge is 0.268 e. The summed E-state index contributed by atoms with van der Waals surface area (Å²) in [6, 6.07) is 0. The molecule has 1 atom stereocenters. The molecule has 0 saturated heterocycles. The van der Waals surface area contributed by atoms with Crippen LogP contribution >= 0.6 is 19.6 Å². The van der Waals surface area contributed by atoms with Gasteiger partial charge in [-0.25, -0.2) is 0 Å². The molecule has 0 aromatic rings. The lowest BCUT2D eigenvalue weighted by Crippen LogP contribution is -2.37. The van der Waals surface area contributed by atoms with Crippen molar-refractivity contribution >= 4 is 24.7 Å². The average molecular weight is 369 g/mol. The van der Waals surface area contributed by atoms with Crippen molar-refractivity contribution in [2.45, 2.75) is 45.4 Å². The summed E-state index contributed by atoms with van der Waals surface area (Å²) in [7, 11) is 1.59. The Morgan fingerprint density at radius 1 is 1.09 bits per heavy atom. The lowest BCUT2D eigenvalue weighted by molar-refractivity contribution is -0.870. The van der Waals surface area contributed by atoms with Gasteiger partial charge in [-0.15, -0.1) is 0 Å². The first-order chi connectivity index (χ1) is 10.7. The molecule has 0 rings (SSSR count). The summed E-state index contributed by atoms with van der Waals surface area (Å²) in [6.45, 7) is 2.79. The van der Waals surface area contributed by atoms with E-state index in [-0.39, 0.29) is 18.3 Å². The molecular weight excluding hydrogens is 337 g/mol. The average Bonchev–Trinajstić information content (AvgIpc) is 2.42. The van der Waals surface area contributed by atoms with E-state index in [9.17, 15) is 14.3 Å². The lowest BCUT2D eigenvalue weighted by atomic mass is 10.1. The molecule has 0 aliphatic rings. The molecule has 0 bridgehead atoms. The second-order valence-electron chi connectivity index (χ2n) is 6.51. The van der Waals surface area contributed by atoms with E-state index in [1.807, 2.05) is 21.1 Å². The van der Waals surface area contributed by atoms with Crippen LogP contribution in [0.1, 0.15) is 45.4 Å². The first-order valence-electron chi connectivity index (χ1n) is 8.22. The van der Waals surface area contributed by atoms with Gasteiger partial charge in [0, 0.05) is 12.2 Å². The third-order valence-corrected chi connectivity index (χ3v) is 4.99. The molecule has 6 nitrogen and oxygen atoms in total. The number of hydrogen-bond donors (Lipinski definition) is 0. The Morgan fingerprint density at radius 3 is 2.30 bits per heavy atom. The number of phosphoric acid groups is 1. The highest BCUT2D eigenvalue weighted by Gasteiger charge is 2.13. The van der Waals surface area contributed by atoms with E-state index >= 15 is 0 Å². The van der Waals surface area contributed by atoms with E-state index in [1.165, 1.54) is 19.3 Å².